The molecular weight excluding hydrogens is 440 g/mol. The van der Waals surface area contributed by atoms with Crippen LogP contribution in [0.3, 0.4) is 0 Å². The van der Waals surface area contributed by atoms with E-state index in [0.717, 1.165) is 76.6 Å². The van der Waals surface area contributed by atoms with Crippen molar-refractivity contribution < 1.29 is 0 Å². The van der Waals surface area contributed by atoms with E-state index in [1.807, 2.05) is 31.0 Å². The Labute approximate surface area is 202 Å². The van der Waals surface area contributed by atoms with Crippen LogP contribution < -0.4 is 10.2 Å². The summed E-state index contributed by atoms with van der Waals surface area (Å²) < 4.78 is 0. The van der Waals surface area contributed by atoms with Gasteiger partial charge in [-0.3, -0.25) is 15.1 Å². The highest BCUT2D eigenvalue weighted by Crippen LogP contribution is 2.32. The van der Waals surface area contributed by atoms with Gasteiger partial charge in [-0.25, -0.2) is 9.97 Å². The molecule has 6 rings (SSSR count). The molecule has 0 amide bonds. The maximum Gasteiger partial charge on any atom is 0.181 e. The van der Waals surface area contributed by atoms with Crippen molar-refractivity contribution in [2.75, 3.05) is 43.4 Å². The Bertz CT molecular complexity index is 1490. The molecule has 35 heavy (non-hydrogen) atoms. The van der Waals surface area contributed by atoms with Crippen LogP contribution >= 0.6 is 0 Å². The van der Waals surface area contributed by atoms with Gasteiger partial charge in [0, 0.05) is 61.9 Å². The van der Waals surface area contributed by atoms with E-state index >= 15 is 0 Å². The number of pyridine rings is 3. The van der Waals surface area contributed by atoms with E-state index in [4.69, 9.17) is 4.98 Å². The number of aromatic nitrogens is 7. The highest BCUT2D eigenvalue weighted by atomic mass is 15.3. The maximum absolute atomic E-state index is 4.98. The second-order valence-electron chi connectivity index (χ2n) is 9.39. The molecule has 0 spiro atoms. The largest absolute Gasteiger partial charge is 0.382 e. The predicted octanol–water partition coefficient (Wildman–Crippen LogP) is 3.53. The molecule has 0 aliphatic carbocycles. The first-order valence-corrected chi connectivity index (χ1v) is 11.9. The van der Waals surface area contributed by atoms with Gasteiger partial charge in [0.15, 0.2) is 11.5 Å². The molecule has 0 saturated carbocycles. The van der Waals surface area contributed by atoms with Crippen LogP contribution in [0.25, 0.3) is 44.7 Å². The summed E-state index contributed by atoms with van der Waals surface area (Å²) in [5.74, 6) is 0.721. The lowest BCUT2D eigenvalue weighted by Gasteiger charge is -2.33. The van der Waals surface area contributed by atoms with Gasteiger partial charge >= 0.3 is 0 Å². The molecule has 0 unspecified atom stereocenters. The van der Waals surface area contributed by atoms with E-state index in [0.29, 0.717) is 11.7 Å². The molecule has 10 heteroatoms. The first kappa shape index (κ1) is 21.5. The van der Waals surface area contributed by atoms with Crippen LogP contribution in [0.4, 0.5) is 11.4 Å². The normalized spacial score (nSPS) is 14.9. The number of nitrogens with one attached hydrogen (secondary N) is 3. The van der Waals surface area contributed by atoms with E-state index < -0.39 is 0 Å². The second kappa shape index (κ2) is 8.62. The molecule has 1 aliphatic heterocycles. The molecule has 5 aromatic rings. The molecule has 6 heterocycles. The minimum Gasteiger partial charge on any atom is -0.382 e. The zero-order valence-corrected chi connectivity index (χ0v) is 20.1. The number of H-pyrrole nitrogens is 2. The molecule has 0 aromatic carbocycles. The van der Waals surface area contributed by atoms with Crippen molar-refractivity contribution in [3.63, 3.8) is 0 Å². The number of hydrogen-bond donors (Lipinski definition) is 3. The van der Waals surface area contributed by atoms with Gasteiger partial charge in [0.2, 0.25) is 0 Å². The smallest absolute Gasteiger partial charge is 0.181 e. The van der Waals surface area contributed by atoms with Gasteiger partial charge in [-0.15, -0.1) is 0 Å². The summed E-state index contributed by atoms with van der Waals surface area (Å²) in [5, 5.41) is 11.9. The molecule has 1 saturated heterocycles. The molecule has 1 aliphatic rings. The number of rotatable bonds is 5. The van der Waals surface area contributed by atoms with E-state index in [1.54, 1.807) is 0 Å². The first-order chi connectivity index (χ1) is 17.0. The molecule has 5 aromatic heterocycles. The fourth-order valence-corrected chi connectivity index (χ4v) is 4.56. The van der Waals surface area contributed by atoms with Gasteiger partial charge in [0.05, 0.1) is 34.7 Å². The summed E-state index contributed by atoms with van der Waals surface area (Å²) in [6, 6.07) is 4.50. The van der Waals surface area contributed by atoms with Gasteiger partial charge in [-0.05, 0) is 33.0 Å². The van der Waals surface area contributed by atoms with Crippen LogP contribution in [0.1, 0.15) is 13.8 Å². The summed E-state index contributed by atoms with van der Waals surface area (Å²) >= 11 is 0. The number of piperazine rings is 1. The average molecular weight is 469 g/mol. The van der Waals surface area contributed by atoms with Gasteiger partial charge < -0.3 is 20.1 Å². The fourth-order valence-electron chi connectivity index (χ4n) is 4.56. The summed E-state index contributed by atoms with van der Waals surface area (Å²) in [6.45, 7) is 8.18. The minimum atomic E-state index is 0.325. The standard InChI is InChI=1S/C25H28N10/c1-15(2)29-18-8-16(10-26-12-18)17-9-19-22(32-33-24(19)28-11-17)25-30-20-13-27-14-21(23(20)31-25)35-6-4-34(3)5-7-35/h8-15,29H,4-7H2,1-3H3,(H,30,31)(H,28,32,33). The van der Waals surface area contributed by atoms with Crippen LogP contribution in [0.2, 0.25) is 0 Å². The van der Waals surface area contributed by atoms with E-state index in [-0.39, 0.29) is 0 Å². The van der Waals surface area contributed by atoms with Gasteiger partial charge in [0.1, 0.15) is 11.2 Å². The molecular formula is C25H28N10. The van der Waals surface area contributed by atoms with E-state index in [2.05, 4.69) is 78.3 Å². The quantitative estimate of drug-likeness (QED) is 0.359. The third kappa shape index (κ3) is 4.06. The highest BCUT2D eigenvalue weighted by molar-refractivity contribution is 5.95. The van der Waals surface area contributed by atoms with Gasteiger partial charge in [-0.1, -0.05) is 0 Å². The van der Waals surface area contributed by atoms with E-state index in [1.165, 1.54) is 0 Å². The van der Waals surface area contributed by atoms with Crippen molar-refractivity contribution in [3.8, 4) is 22.6 Å². The Morgan fingerprint density at radius 2 is 1.74 bits per heavy atom. The summed E-state index contributed by atoms with van der Waals surface area (Å²) in [4.78, 5) is 26.6. The number of hydrogen-bond acceptors (Lipinski definition) is 8. The maximum atomic E-state index is 4.98. The van der Waals surface area contributed by atoms with Crippen molar-refractivity contribution in [2.45, 2.75) is 19.9 Å². The van der Waals surface area contributed by atoms with Crippen LogP contribution in [0.15, 0.2) is 43.1 Å². The van der Waals surface area contributed by atoms with Gasteiger partial charge in [0.25, 0.3) is 0 Å². The zero-order valence-electron chi connectivity index (χ0n) is 20.1. The van der Waals surface area contributed by atoms with Crippen LogP contribution in [0, 0.1) is 0 Å². The fraction of sp³-hybridized carbons (Fsp3) is 0.320. The van der Waals surface area contributed by atoms with Crippen molar-refractivity contribution in [2.24, 2.45) is 0 Å². The number of likely N-dealkylation sites (N-methyl/N-ethyl adjacent to an activating group) is 1. The third-order valence-corrected chi connectivity index (χ3v) is 6.39. The summed E-state index contributed by atoms with van der Waals surface area (Å²) in [7, 11) is 2.15. The van der Waals surface area contributed by atoms with Crippen molar-refractivity contribution >= 4 is 33.4 Å². The Hall–Kier alpha value is -4.05. The Kier molecular flexibility index (Phi) is 5.29. The second-order valence-corrected chi connectivity index (χ2v) is 9.39. The molecule has 0 radical (unpaired) electrons. The number of nitrogens with zero attached hydrogens (tertiary/aromatic N) is 7. The Morgan fingerprint density at radius 1 is 0.943 bits per heavy atom. The molecule has 178 valence electrons. The SMILES string of the molecule is CC(C)Nc1cncc(-c2cnc3n[nH]c(-c4nc5c(N6CCN(C)CC6)cncc5[nH]4)c3c2)c1. The number of aromatic amines is 2. The van der Waals surface area contributed by atoms with Gasteiger partial charge in [-0.2, -0.15) is 5.10 Å². The number of imidazole rings is 1. The first-order valence-electron chi connectivity index (χ1n) is 11.9. The molecule has 1 fully saturated rings. The van der Waals surface area contributed by atoms with Crippen molar-refractivity contribution in [1.82, 2.24) is 40.0 Å². The lowest BCUT2D eigenvalue weighted by Crippen LogP contribution is -2.44. The highest BCUT2D eigenvalue weighted by Gasteiger charge is 2.20. The van der Waals surface area contributed by atoms with Crippen molar-refractivity contribution in [3.05, 3.63) is 43.1 Å². The Balaban J connectivity index is 1.39. The monoisotopic (exact) mass is 468 g/mol. The lowest BCUT2D eigenvalue weighted by molar-refractivity contribution is 0.313. The predicted molar refractivity (Wildman–Crippen MR) is 138 cm³/mol. The zero-order chi connectivity index (χ0) is 23.9. The molecule has 3 N–H and O–H groups in total. The summed E-state index contributed by atoms with van der Waals surface area (Å²) in [5.41, 5.74) is 7.26. The van der Waals surface area contributed by atoms with Crippen LogP contribution in [-0.4, -0.2) is 79.3 Å². The topological polar surface area (TPSA) is 115 Å². The number of fused-ring (bicyclic) bond motifs is 2. The number of anilines is 2. The third-order valence-electron chi connectivity index (χ3n) is 6.39. The lowest BCUT2D eigenvalue weighted by atomic mass is 10.1. The minimum absolute atomic E-state index is 0.325. The average Bonchev–Trinajstić information content (AvgIpc) is 3.48. The molecule has 0 atom stereocenters. The van der Waals surface area contributed by atoms with Crippen molar-refractivity contribution in [1.29, 1.82) is 0 Å². The van der Waals surface area contributed by atoms with E-state index in [9.17, 15) is 0 Å². The molecule has 10 nitrogen and oxygen atoms in total. The Morgan fingerprint density at radius 3 is 2.57 bits per heavy atom. The van der Waals surface area contributed by atoms with Crippen LogP contribution in [0.5, 0.6) is 0 Å². The summed E-state index contributed by atoms with van der Waals surface area (Å²) in [6.07, 6.45) is 9.25. The van der Waals surface area contributed by atoms with Crippen LogP contribution in [-0.2, 0) is 0 Å². The molecule has 0 bridgehead atoms.